The predicted octanol–water partition coefficient (Wildman–Crippen LogP) is 4.03. The number of aryl methyl sites for hydroxylation is 2. The summed E-state index contributed by atoms with van der Waals surface area (Å²) in [5, 5.41) is 0.737. The van der Waals surface area contributed by atoms with Crippen LogP contribution in [0.4, 0.5) is 5.69 Å². The monoisotopic (exact) mass is 376 g/mol. The first-order valence-electron chi connectivity index (χ1n) is 9.80. The standard InChI is InChI=1S/C22H24N4O2/c1-3-28-22(27)17-13(2)25-21-19(18(17)14-9-11-24-12-10-14)20(23)15-7-5-4-6-8-16(15)26-21/h9-12H,3-8H2,1-2H3,(H2,23,25,26). The predicted molar refractivity (Wildman–Crippen MR) is 109 cm³/mol. The number of carbonyl (C=O) groups excluding carboxylic acids is 1. The van der Waals surface area contributed by atoms with Gasteiger partial charge in [-0.1, -0.05) is 6.42 Å². The first-order chi connectivity index (χ1) is 13.6. The van der Waals surface area contributed by atoms with Gasteiger partial charge in [-0.05, 0) is 62.8 Å². The quantitative estimate of drug-likeness (QED) is 0.548. The average molecular weight is 376 g/mol. The molecular weight excluding hydrogens is 352 g/mol. The molecule has 1 aliphatic carbocycles. The van der Waals surface area contributed by atoms with Gasteiger partial charge in [-0.2, -0.15) is 0 Å². The van der Waals surface area contributed by atoms with Gasteiger partial charge >= 0.3 is 5.97 Å². The highest BCUT2D eigenvalue weighted by molar-refractivity contribution is 6.11. The van der Waals surface area contributed by atoms with Crippen LogP contribution in [0.5, 0.6) is 0 Å². The fourth-order valence-corrected chi connectivity index (χ4v) is 4.04. The van der Waals surface area contributed by atoms with Crippen LogP contribution in [-0.4, -0.2) is 27.5 Å². The maximum Gasteiger partial charge on any atom is 0.340 e. The molecule has 144 valence electrons. The van der Waals surface area contributed by atoms with Crippen LogP contribution >= 0.6 is 0 Å². The maximum atomic E-state index is 12.8. The van der Waals surface area contributed by atoms with E-state index < -0.39 is 5.97 Å². The van der Waals surface area contributed by atoms with Gasteiger partial charge in [0.25, 0.3) is 0 Å². The highest BCUT2D eigenvalue weighted by Crippen LogP contribution is 2.39. The molecule has 1 aliphatic rings. The van der Waals surface area contributed by atoms with Crippen LogP contribution in [0.3, 0.4) is 0 Å². The van der Waals surface area contributed by atoms with Crippen molar-refractivity contribution in [2.24, 2.45) is 0 Å². The fraction of sp³-hybridized carbons (Fsp3) is 0.364. The van der Waals surface area contributed by atoms with Crippen LogP contribution in [0.2, 0.25) is 0 Å². The van der Waals surface area contributed by atoms with E-state index in [4.69, 9.17) is 15.5 Å². The van der Waals surface area contributed by atoms with Gasteiger partial charge in [-0.15, -0.1) is 0 Å². The molecule has 28 heavy (non-hydrogen) atoms. The van der Waals surface area contributed by atoms with Gasteiger partial charge in [0, 0.05) is 29.3 Å². The number of nitrogen functional groups attached to an aromatic ring is 1. The normalized spacial score (nSPS) is 13.8. The first kappa shape index (κ1) is 18.3. The Hall–Kier alpha value is -3.02. The van der Waals surface area contributed by atoms with E-state index in [-0.39, 0.29) is 0 Å². The molecule has 4 rings (SSSR count). The summed E-state index contributed by atoms with van der Waals surface area (Å²) in [6, 6.07) is 3.75. The molecule has 0 aliphatic heterocycles. The Morgan fingerprint density at radius 2 is 1.89 bits per heavy atom. The second-order valence-electron chi connectivity index (χ2n) is 7.11. The molecule has 0 saturated heterocycles. The van der Waals surface area contributed by atoms with Crippen molar-refractivity contribution >= 4 is 22.7 Å². The minimum Gasteiger partial charge on any atom is -0.462 e. The maximum absolute atomic E-state index is 12.8. The molecule has 0 bridgehead atoms. The number of nitrogens with zero attached hydrogens (tertiary/aromatic N) is 3. The number of rotatable bonds is 3. The van der Waals surface area contributed by atoms with E-state index in [0.717, 1.165) is 53.5 Å². The number of nitrogens with two attached hydrogens (primary N) is 1. The summed E-state index contributed by atoms with van der Waals surface area (Å²) in [6.07, 6.45) is 8.62. The van der Waals surface area contributed by atoms with Crippen LogP contribution in [0.15, 0.2) is 24.5 Å². The van der Waals surface area contributed by atoms with Gasteiger partial charge in [0.2, 0.25) is 0 Å². The third kappa shape index (κ3) is 3.09. The smallest absolute Gasteiger partial charge is 0.340 e. The second kappa shape index (κ2) is 7.54. The van der Waals surface area contributed by atoms with E-state index in [9.17, 15) is 4.79 Å². The van der Waals surface area contributed by atoms with Crippen molar-refractivity contribution < 1.29 is 9.53 Å². The number of pyridine rings is 3. The molecule has 3 heterocycles. The van der Waals surface area contributed by atoms with Gasteiger partial charge in [0.1, 0.15) is 0 Å². The zero-order valence-corrected chi connectivity index (χ0v) is 16.3. The first-order valence-corrected chi connectivity index (χ1v) is 9.80. The van der Waals surface area contributed by atoms with Crippen LogP contribution in [0, 0.1) is 6.92 Å². The molecule has 3 aromatic heterocycles. The third-order valence-electron chi connectivity index (χ3n) is 5.33. The lowest BCUT2D eigenvalue weighted by Crippen LogP contribution is -2.13. The number of anilines is 1. The lowest BCUT2D eigenvalue weighted by Gasteiger charge is -2.18. The van der Waals surface area contributed by atoms with Gasteiger partial charge in [0.05, 0.1) is 23.3 Å². The summed E-state index contributed by atoms with van der Waals surface area (Å²) in [5.41, 5.74) is 12.7. The van der Waals surface area contributed by atoms with Crippen molar-refractivity contribution in [1.82, 2.24) is 15.0 Å². The molecule has 0 spiro atoms. The Bertz CT molecular complexity index is 1050. The topological polar surface area (TPSA) is 91.0 Å². The van der Waals surface area contributed by atoms with Gasteiger partial charge in [-0.3, -0.25) is 4.98 Å². The minimum absolute atomic E-state index is 0.296. The lowest BCUT2D eigenvalue weighted by molar-refractivity contribution is 0.0526. The molecule has 2 N–H and O–H groups in total. The summed E-state index contributed by atoms with van der Waals surface area (Å²) >= 11 is 0. The molecule has 0 aromatic carbocycles. The molecule has 0 saturated carbocycles. The van der Waals surface area contributed by atoms with Gasteiger partial charge in [-0.25, -0.2) is 14.8 Å². The summed E-state index contributed by atoms with van der Waals surface area (Å²) in [4.78, 5) is 26.5. The number of esters is 1. The van der Waals surface area contributed by atoms with Crippen molar-refractivity contribution in [3.05, 3.63) is 47.0 Å². The number of hydrogen-bond donors (Lipinski definition) is 1. The highest BCUT2D eigenvalue weighted by Gasteiger charge is 2.26. The van der Waals surface area contributed by atoms with Crippen LogP contribution < -0.4 is 5.73 Å². The molecule has 0 unspecified atom stereocenters. The van der Waals surface area contributed by atoms with Crippen molar-refractivity contribution in [2.75, 3.05) is 12.3 Å². The number of aromatic nitrogens is 3. The van der Waals surface area contributed by atoms with E-state index in [1.54, 1.807) is 19.3 Å². The summed E-state index contributed by atoms with van der Waals surface area (Å²) in [6.45, 7) is 3.91. The SMILES string of the molecule is CCOC(=O)c1c(C)nc2nc3c(c(N)c2c1-c1ccncc1)CCCCC3. The molecule has 0 atom stereocenters. The Kier molecular flexibility index (Phi) is 4.94. The number of hydrogen-bond acceptors (Lipinski definition) is 6. The fourth-order valence-electron chi connectivity index (χ4n) is 4.04. The summed E-state index contributed by atoms with van der Waals surface area (Å²) in [7, 11) is 0. The molecule has 0 fully saturated rings. The van der Waals surface area contributed by atoms with E-state index in [1.165, 1.54) is 6.42 Å². The minimum atomic E-state index is -0.393. The Balaban J connectivity index is 2.11. The third-order valence-corrected chi connectivity index (χ3v) is 5.33. The van der Waals surface area contributed by atoms with Crippen LogP contribution in [0.25, 0.3) is 22.2 Å². The lowest BCUT2D eigenvalue weighted by atomic mass is 9.93. The number of ether oxygens (including phenoxy) is 1. The molecular formula is C22H24N4O2. The van der Waals surface area contributed by atoms with Crippen molar-refractivity contribution in [3.63, 3.8) is 0 Å². The Morgan fingerprint density at radius 1 is 1.14 bits per heavy atom. The number of carbonyl (C=O) groups is 1. The molecule has 0 radical (unpaired) electrons. The van der Waals surface area contributed by atoms with E-state index in [0.29, 0.717) is 29.2 Å². The second-order valence-corrected chi connectivity index (χ2v) is 7.11. The summed E-state index contributed by atoms with van der Waals surface area (Å²) < 4.78 is 5.34. The van der Waals surface area contributed by atoms with E-state index in [2.05, 4.69) is 9.97 Å². The van der Waals surface area contributed by atoms with E-state index >= 15 is 0 Å². The van der Waals surface area contributed by atoms with E-state index in [1.807, 2.05) is 19.1 Å². The zero-order chi connectivity index (χ0) is 19.7. The molecule has 6 nitrogen and oxygen atoms in total. The van der Waals surface area contributed by atoms with Crippen LogP contribution in [-0.2, 0) is 17.6 Å². The Morgan fingerprint density at radius 3 is 2.64 bits per heavy atom. The Labute approximate surface area is 164 Å². The van der Waals surface area contributed by atoms with Gasteiger partial charge in [0.15, 0.2) is 5.65 Å². The largest absolute Gasteiger partial charge is 0.462 e. The van der Waals surface area contributed by atoms with Crippen molar-refractivity contribution in [2.45, 2.75) is 46.0 Å². The average Bonchev–Trinajstić information content (AvgIpc) is 2.93. The highest BCUT2D eigenvalue weighted by atomic mass is 16.5. The zero-order valence-electron chi connectivity index (χ0n) is 16.3. The van der Waals surface area contributed by atoms with Crippen molar-refractivity contribution in [3.8, 4) is 11.1 Å². The molecule has 6 heteroatoms. The number of fused-ring (bicyclic) bond motifs is 2. The molecule has 3 aromatic rings. The van der Waals surface area contributed by atoms with Crippen molar-refractivity contribution in [1.29, 1.82) is 0 Å². The molecule has 0 amide bonds. The van der Waals surface area contributed by atoms with Gasteiger partial charge < -0.3 is 10.5 Å². The summed E-state index contributed by atoms with van der Waals surface area (Å²) in [5.74, 6) is -0.393. The van der Waals surface area contributed by atoms with Crippen LogP contribution in [0.1, 0.15) is 53.5 Å².